The van der Waals surface area contributed by atoms with E-state index in [4.69, 9.17) is 25.8 Å². The minimum atomic E-state index is -3.63. The molecule has 0 fully saturated rings. The topological polar surface area (TPSA) is 108 Å². The highest BCUT2D eigenvalue weighted by molar-refractivity contribution is 7.90. The van der Waals surface area contributed by atoms with Gasteiger partial charge in [-0.05, 0) is 35.9 Å². The summed E-state index contributed by atoms with van der Waals surface area (Å²) in [6.45, 7) is 0. The van der Waals surface area contributed by atoms with Crippen LogP contribution in [0, 0.1) is 0 Å². The molecule has 0 aliphatic rings. The van der Waals surface area contributed by atoms with Gasteiger partial charge in [0.25, 0.3) is 5.91 Å². The van der Waals surface area contributed by atoms with Gasteiger partial charge in [-0.3, -0.25) is 9.59 Å². The third-order valence-electron chi connectivity index (χ3n) is 4.31. The van der Waals surface area contributed by atoms with Gasteiger partial charge >= 0.3 is 5.97 Å². The lowest BCUT2D eigenvalue weighted by Gasteiger charge is -2.20. The molecule has 0 saturated heterocycles. The zero-order valence-electron chi connectivity index (χ0n) is 16.9. The van der Waals surface area contributed by atoms with Gasteiger partial charge in [0, 0.05) is 11.8 Å². The maximum absolute atomic E-state index is 12.8. The molecule has 1 atom stereocenters. The van der Waals surface area contributed by atoms with E-state index in [-0.39, 0.29) is 21.9 Å². The van der Waals surface area contributed by atoms with E-state index in [2.05, 4.69) is 5.32 Å². The predicted molar refractivity (Wildman–Crippen MR) is 111 cm³/mol. The van der Waals surface area contributed by atoms with E-state index in [0.717, 1.165) is 6.26 Å². The smallest absolute Gasteiger partial charge is 0.307 e. The molecule has 0 aromatic heterocycles. The monoisotopic (exact) mass is 455 g/mol. The number of ether oxygens (including phenoxy) is 3. The fourth-order valence-corrected chi connectivity index (χ4v) is 4.04. The number of carbonyl (C=O) groups is 2. The van der Waals surface area contributed by atoms with Gasteiger partial charge in [0.2, 0.25) is 0 Å². The average Bonchev–Trinajstić information content (AvgIpc) is 2.71. The van der Waals surface area contributed by atoms with Gasteiger partial charge in [0.15, 0.2) is 21.3 Å². The van der Waals surface area contributed by atoms with Crippen LogP contribution in [0.1, 0.15) is 28.4 Å². The number of benzene rings is 2. The number of hydrogen-bond donors (Lipinski definition) is 1. The number of amides is 1. The molecule has 0 heterocycles. The third kappa shape index (κ3) is 5.64. The van der Waals surface area contributed by atoms with E-state index in [1.807, 2.05) is 0 Å². The van der Waals surface area contributed by atoms with E-state index in [1.165, 1.54) is 39.5 Å². The van der Waals surface area contributed by atoms with Gasteiger partial charge in [-0.15, -0.1) is 0 Å². The second kappa shape index (κ2) is 9.82. The predicted octanol–water partition coefficient (Wildman–Crippen LogP) is 2.79. The Hall–Kier alpha value is -2.78. The van der Waals surface area contributed by atoms with Crippen LogP contribution < -0.4 is 14.8 Å². The zero-order valence-corrected chi connectivity index (χ0v) is 18.5. The van der Waals surface area contributed by atoms with Crippen LogP contribution in [0.25, 0.3) is 0 Å². The zero-order chi connectivity index (χ0) is 22.5. The standard InChI is InChI=1S/C20H22ClNO7S/c1-27-16-8-6-12(9-17(16)28-2)15(11-19(23)29-3)22-20(24)13-5-7-14(21)18(10-13)30(4,25)26/h5-10,15H,11H2,1-4H3,(H,22,24). The van der Waals surface area contributed by atoms with Gasteiger partial charge in [-0.25, -0.2) is 8.42 Å². The number of nitrogens with one attached hydrogen (secondary N) is 1. The summed E-state index contributed by atoms with van der Waals surface area (Å²) in [5, 5.41) is 2.74. The number of esters is 1. The highest BCUT2D eigenvalue weighted by Crippen LogP contribution is 2.31. The molecule has 0 aliphatic carbocycles. The van der Waals surface area contributed by atoms with Crippen molar-refractivity contribution in [1.29, 1.82) is 0 Å². The number of hydrogen-bond acceptors (Lipinski definition) is 7. The molecule has 1 N–H and O–H groups in total. The van der Waals surface area contributed by atoms with E-state index >= 15 is 0 Å². The summed E-state index contributed by atoms with van der Waals surface area (Å²) in [5.74, 6) is -0.215. The summed E-state index contributed by atoms with van der Waals surface area (Å²) in [4.78, 5) is 24.5. The van der Waals surface area contributed by atoms with Crippen LogP contribution >= 0.6 is 11.6 Å². The van der Waals surface area contributed by atoms with Gasteiger partial charge in [0.1, 0.15) is 0 Å². The highest BCUT2D eigenvalue weighted by Gasteiger charge is 2.23. The van der Waals surface area contributed by atoms with E-state index in [1.54, 1.807) is 18.2 Å². The van der Waals surface area contributed by atoms with Gasteiger partial charge in [-0.1, -0.05) is 17.7 Å². The van der Waals surface area contributed by atoms with E-state index in [9.17, 15) is 18.0 Å². The molecule has 0 aliphatic heterocycles. The molecule has 0 saturated carbocycles. The van der Waals surface area contributed by atoms with E-state index in [0.29, 0.717) is 17.1 Å². The lowest BCUT2D eigenvalue weighted by molar-refractivity contribution is -0.141. The van der Waals surface area contributed by atoms with Crippen molar-refractivity contribution in [1.82, 2.24) is 5.32 Å². The Morgan fingerprint density at radius 1 is 1.03 bits per heavy atom. The molecule has 1 unspecified atom stereocenters. The highest BCUT2D eigenvalue weighted by atomic mass is 35.5. The van der Waals surface area contributed by atoms with Gasteiger partial charge < -0.3 is 19.5 Å². The number of halogens is 1. The van der Waals surface area contributed by atoms with Crippen molar-refractivity contribution >= 4 is 33.3 Å². The Bertz CT molecular complexity index is 1050. The van der Waals surface area contributed by atoms with Crippen molar-refractivity contribution in [2.75, 3.05) is 27.6 Å². The van der Waals surface area contributed by atoms with Crippen LogP contribution in [-0.2, 0) is 19.4 Å². The second-order valence-corrected chi connectivity index (χ2v) is 8.73. The van der Waals surface area contributed by atoms with Crippen LogP contribution in [-0.4, -0.2) is 47.9 Å². The molecular weight excluding hydrogens is 434 g/mol. The fraction of sp³-hybridized carbons (Fsp3) is 0.300. The maximum atomic E-state index is 12.8. The third-order valence-corrected chi connectivity index (χ3v) is 5.88. The lowest BCUT2D eigenvalue weighted by Crippen LogP contribution is -2.30. The first-order valence-electron chi connectivity index (χ1n) is 8.70. The molecule has 2 aromatic carbocycles. The first-order chi connectivity index (χ1) is 14.1. The van der Waals surface area contributed by atoms with Crippen molar-refractivity contribution < 1.29 is 32.2 Å². The van der Waals surface area contributed by atoms with Crippen molar-refractivity contribution in [3.8, 4) is 11.5 Å². The van der Waals surface area contributed by atoms with Crippen molar-refractivity contribution in [3.63, 3.8) is 0 Å². The van der Waals surface area contributed by atoms with Crippen molar-refractivity contribution in [2.24, 2.45) is 0 Å². The normalized spacial score (nSPS) is 12.0. The van der Waals surface area contributed by atoms with Crippen molar-refractivity contribution in [3.05, 3.63) is 52.5 Å². The summed E-state index contributed by atoms with van der Waals surface area (Å²) in [7, 11) is 0.577. The molecule has 0 radical (unpaired) electrons. The SMILES string of the molecule is COC(=O)CC(NC(=O)c1ccc(Cl)c(S(C)(=O)=O)c1)c1ccc(OC)c(OC)c1. The fourth-order valence-electron chi connectivity index (χ4n) is 2.74. The first-order valence-corrected chi connectivity index (χ1v) is 11.0. The van der Waals surface area contributed by atoms with Crippen LogP contribution in [0.15, 0.2) is 41.3 Å². The Morgan fingerprint density at radius 2 is 1.70 bits per heavy atom. The van der Waals surface area contributed by atoms with E-state index < -0.39 is 27.8 Å². The molecule has 2 aromatic rings. The summed E-state index contributed by atoms with van der Waals surface area (Å²) in [6, 6.07) is 8.12. The molecule has 2 rings (SSSR count). The summed E-state index contributed by atoms with van der Waals surface area (Å²) >= 11 is 5.94. The second-order valence-electron chi connectivity index (χ2n) is 6.34. The molecule has 0 bridgehead atoms. The summed E-state index contributed by atoms with van der Waals surface area (Å²) < 4.78 is 39.0. The molecule has 0 spiro atoms. The molecule has 10 heteroatoms. The minimum Gasteiger partial charge on any atom is -0.493 e. The first kappa shape index (κ1) is 23.5. The molecule has 8 nitrogen and oxygen atoms in total. The van der Waals surface area contributed by atoms with Crippen molar-refractivity contribution in [2.45, 2.75) is 17.4 Å². The Labute approximate surface area is 180 Å². The Kier molecular flexibility index (Phi) is 7.69. The Morgan fingerprint density at radius 3 is 2.27 bits per heavy atom. The molecule has 1 amide bonds. The van der Waals surface area contributed by atoms with Gasteiger partial charge in [0.05, 0.1) is 43.7 Å². The molecular formula is C20H22ClNO7S. The summed E-state index contributed by atoms with van der Waals surface area (Å²) in [5.41, 5.74) is 0.652. The van der Waals surface area contributed by atoms with Gasteiger partial charge in [-0.2, -0.15) is 0 Å². The number of rotatable bonds is 8. The number of sulfone groups is 1. The average molecular weight is 456 g/mol. The quantitative estimate of drug-likeness (QED) is 0.609. The Balaban J connectivity index is 2.40. The maximum Gasteiger partial charge on any atom is 0.307 e. The molecule has 162 valence electrons. The summed E-state index contributed by atoms with van der Waals surface area (Å²) in [6.07, 6.45) is 0.851. The largest absolute Gasteiger partial charge is 0.493 e. The lowest BCUT2D eigenvalue weighted by atomic mass is 10.0. The molecule has 30 heavy (non-hydrogen) atoms. The number of methoxy groups -OCH3 is 3. The minimum absolute atomic E-state index is 0.0139. The van der Waals surface area contributed by atoms with Crippen LogP contribution in [0.4, 0.5) is 0 Å². The van der Waals surface area contributed by atoms with Crippen LogP contribution in [0.5, 0.6) is 11.5 Å². The number of carbonyl (C=O) groups excluding carboxylic acids is 2. The van der Waals surface area contributed by atoms with Crippen LogP contribution in [0.2, 0.25) is 5.02 Å². The van der Waals surface area contributed by atoms with Crippen LogP contribution in [0.3, 0.4) is 0 Å².